The molecule has 0 spiro atoms. The summed E-state index contributed by atoms with van der Waals surface area (Å²) in [5, 5.41) is 15.9. The van der Waals surface area contributed by atoms with E-state index in [9.17, 15) is 19.7 Å². The Bertz CT molecular complexity index is 544. The van der Waals surface area contributed by atoms with Gasteiger partial charge in [-0.3, -0.25) is 19.7 Å². The van der Waals surface area contributed by atoms with E-state index in [-0.39, 0.29) is 17.5 Å². The van der Waals surface area contributed by atoms with Gasteiger partial charge in [-0.2, -0.15) is 0 Å². The summed E-state index contributed by atoms with van der Waals surface area (Å²) in [6.07, 6.45) is 1.40. The van der Waals surface area contributed by atoms with Gasteiger partial charge in [0.25, 0.3) is 5.69 Å². The van der Waals surface area contributed by atoms with Gasteiger partial charge < -0.3 is 10.6 Å². The standard InChI is InChI=1S/C13H15N3O4/c17-12-5-4-11(15-12)13(18)14-7-6-9-2-1-3-10(8-9)16(19)20/h1-3,8,11H,4-7H2,(H,14,18)(H,15,17). The second kappa shape index (κ2) is 6.14. The number of non-ortho nitro benzene ring substituents is 1. The number of nitrogens with zero attached hydrogens (tertiary/aromatic N) is 1. The molecule has 106 valence electrons. The number of benzene rings is 1. The Labute approximate surface area is 115 Å². The third kappa shape index (κ3) is 3.53. The van der Waals surface area contributed by atoms with Crippen LogP contribution in [0.2, 0.25) is 0 Å². The molecular formula is C13H15N3O4. The summed E-state index contributed by atoms with van der Waals surface area (Å²) >= 11 is 0. The van der Waals surface area contributed by atoms with E-state index < -0.39 is 11.0 Å². The van der Waals surface area contributed by atoms with Crippen LogP contribution in [0.4, 0.5) is 5.69 Å². The van der Waals surface area contributed by atoms with Gasteiger partial charge in [0.2, 0.25) is 11.8 Å². The molecule has 0 radical (unpaired) electrons. The Morgan fingerprint density at radius 3 is 2.95 bits per heavy atom. The van der Waals surface area contributed by atoms with E-state index in [0.29, 0.717) is 25.8 Å². The lowest BCUT2D eigenvalue weighted by Gasteiger charge is -2.10. The van der Waals surface area contributed by atoms with Gasteiger partial charge in [0.15, 0.2) is 0 Å². The first kappa shape index (κ1) is 14.0. The number of carbonyl (C=O) groups excluding carboxylic acids is 2. The number of nitrogens with one attached hydrogen (secondary N) is 2. The van der Waals surface area contributed by atoms with E-state index in [1.807, 2.05) is 0 Å². The van der Waals surface area contributed by atoms with E-state index in [4.69, 9.17) is 0 Å². The molecule has 0 aromatic heterocycles. The summed E-state index contributed by atoms with van der Waals surface area (Å²) < 4.78 is 0. The Kier molecular flexibility index (Phi) is 4.29. The number of amides is 2. The number of hydrogen-bond acceptors (Lipinski definition) is 4. The number of nitro groups is 1. The van der Waals surface area contributed by atoms with Crippen LogP contribution in [0, 0.1) is 10.1 Å². The van der Waals surface area contributed by atoms with E-state index in [1.54, 1.807) is 12.1 Å². The first-order valence-electron chi connectivity index (χ1n) is 6.36. The zero-order valence-corrected chi connectivity index (χ0v) is 10.8. The highest BCUT2D eigenvalue weighted by Gasteiger charge is 2.26. The molecule has 2 N–H and O–H groups in total. The van der Waals surface area contributed by atoms with Crippen molar-refractivity contribution in [3.8, 4) is 0 Å². The normalized spacial score (nSPS) is 17.6. The quantitative estimate of drug-likeness (QED) is 0.605. The highest BCUT2D eigenvalue weighted by atomic mass is 16.6. The maximum atomic E-state index is 11.7. The van der Waals surface area contributed by atoms with Crippen molar-refractivity contribution in [1.29, 1.82) is 0 Å². The predicted octanol–water partition coefficient (Wildman–Crippen LogP) is 0.532. The van der Waals surface area contributed by atoms with Crippen molar-refractivity contribution in [3.05, 3.63) is 39.9 Å². The molecule has 1 aromatic rings. The van der Waals surface area contributed by atoms with Gasteiger partial charge in [-0.05, 0) is 18.4 Å². The molecular weight excluding hydrogens is 262 g/mol. The van der Waals surface area contributed by atoms with Crippen LogP contribution in [0.3, 0.4) is 0 Å². The highest BCUT2D eigenvalue weighted by molar-refractivity contribution is 5.90. The number of hydrogen-bond donors (Lipinski definition) is 2. The van der Waals surface area contributed by atoms with Crippen molar-refractivity contribution >= 4 is 17.5 Å². The van der Waals surface area contributed by atoms with Crippen LogP contribution < -0.4 is 10.6 Å². The molecule has 1 atom stereocenters. The Morgan fingerprint density at radius 2 is 2.30 bits per heavy atom. The van der Waals surface area contributed by atoms with E-state index in [2.05, 4.69) is 10.6 Å². The molecule has 1 fully saturated rings. The summed E-state index contributed by atoms with van der Waals surface area (Å²) in [4.78, 5) is 32.9. The van der Waals surface area contributed by atoms with E-state index in [1.165, 1.54) is 12.1 Å². The van der Waals surface area contributed by atoms with Gasteiger partial charge in [0, 0.05) is 25.1 Å². The lowest BCUT2D eigenvalue weighted by Crippen LogP contribution is -2.42. The van der Waals surface area contributed by atoms with Crippen molar-refractivity contribution in [2.24, 2.45) is 0 Å². The largest absolute Gasteiger partial charge is 0.354 e. The molecule has 0 bridgehead atoms. The fourth-order valence-electron chi connectivity index (χ4n) is 2.09. The minimum absolute atomic E-state index is 0.0388. The monoisotopic (exact) mass is 277 g/mol. The van der Waals surface area contributed by atoms with Crippen LogP contribution in [-0.4, -0.2) is 29.3 Å². The average Bonchev–Trinajstić information content (AvgIpc) is 2.86. The molecule has 1 unspecified atom stereocenters. The topological polar surface area (TPSA) is 101 Å². The SMILES string of the molecule is O=C1CCC(C(=O)NCCc2cccc([N+](=O)[O-])c2)N1. The van der Waals surface area contributed by atoms with Crippen LogP contribution >= 0.6 is 0 Å². The summed E-state index contributed by atoms with van der Waals surface area (Å²) in [6, 6.07) is 5.86. The van der Waals surface area contributed by atoms with Crippen molar-refractivity contribution in [2.45, 2.75) is 25.3 Å². The van der Waals surface area contributed by atoms with E-state index >= 15 is 0 Å². The maximum Gasteiger partial charge on any atom is 0.269 e. The highest BCUT2D eigenvalue weighted by Crippen LogP contribution is 2.13. The molecule has 1 aliphatic heterocycles. The summed E-state index contributed by atoms with van der Waals surface area (Å²) in [7, 11) is 0. The van der Waals surface area contributed by atoms with Crippen LogP contribution in [0.5, 0.6) is 0 Å². The van der Waals surface area contributed by atoms with Gasteiger partial charge in [0.05, 0.1) is 4.92 Å². The Morgan fingerprint density at radius 1 is 1.50 bits per heavy atom. The fourth-order valence-corrected chi connectivity index (χ4v) is 2.09. The van der Waals surface area contributed by atoms with Crippen LogP contribution in [-0.2, 0) is 16.0 Å². The van der Waals surface area contributed by atoms with Crippen molar-refractivity contribution < 1.29 is 14.5 Å². The van der Waals surface area contributed by atoms with Gasteiger partial charge in [-0.1, -0.05) is 12.1 Å². The molecule has 7 heteroatoms. The number of rotatable bonds is 5. The van der Waals surface area contributed by atoms with Crippen molar-refractivity contribution in [1.82, 2.24) is 10.6 Å². The fraction of sp³-hybridized carbons (Fsp3) is 0.385. The zero-order chi connectivity index (χ0) is 14.5. The van der Waals surface area contributed by atoms with Crippen molar-refractivity contribution in [3.63, 3.8) is 0 Å². The second-order valence-corrected chi connectivity index (χ2v) is 4.63. The second-order valence-electron chi connectivity index (χ2n) is 4.63. The Balaban J connectivity index is 1.81. The molecule has 1 aromatic carbocycles. The molecule has 20 heavy (non-hydrogen) atoms. The molecule has 2 rings (SSSR count). The first-order chi connectivity index (χ1) is 9.56. The van der Waals surface area contributed by atoms with Crippen LogP contribution in [0.15, 0.2) is 24.3 Å². The maximum absolute atomic E-state index is 11.7. The van der Waals surface area contributed by atoms with Gasteiger partial charge in [0.1, 0.15) is 6.04 Å². The Hall–Kier alpha value is -2.44. The molecule has 0 saturated carbocycles. The minimum Gasteiger partial charge on any atom is -0.354 e. The smallest absolute Gasteiger partial charge is 0.269 e. The molecule has 1 heterocycles. The average molecular weight is 277 g/mol. The number of nitro benzene ring substituents is 1. The van der Waals surface area contributed by atoms with Gasteiger partial charge >= 0.3 is 0 Å². The van der Waals surface area contributed by atoms with Gasteiger partial charge in [-0.15, -0.1) is 0 Å². The van der Waals surface area contributed by atoms with Crippen molar-refractivity contribution in [2.75, 3.05) is 6.54 Å². The molecule has 0 aliphatic carbocycles. The zero-order valence-electron chi connectivity index (χ0n) is 10.8. The lowest BCUT2D eigenvalue weighted by atomic mass is 10.1. The summed E-state index contributed by atoms with van der Waals surface area (Å²) in [6.45, 7) is 0.381. The molecule has 2 amide bonds. The first-order valence-corrected chi connectivity index (χ1v) is 6.36. The van der Waals surface area contributed by atoms with Crippen LogP contribution in [0.25, 0.3) is 0 Å². The van der Waals surface area contributed by atoms with Gasteiger partial charge in [-0.25, -0.2) is 0 Å². The molecule has 1 aliphatic rings. The van der Waals surface area contributed by atoms with Crippen LogP contribution in [0.1, 0.15) is 18.4 Å². The third-order valence-electron chi connectivity index (χ3n) is 3.15. The predicted molar refractivity (Wildman–Crippen MR) is 71.0 cm³/mol. The third-order valence-corrected chi connectivity index (χ3v) is 3.15. The molecule has 7 nitrogen and oxygen atoms in total. The molecule has 1 saturated heterocycles. The number of carbonyl (C=O) groups is 2. The minimum atomic E-state index is -0.451. The summed E-state index contributed by atoms with van der Waals surface area (Å²) in [5.74, 6) is -0.315. The van der Waals surface area contributed by atoms with E-state index in [0.717, 1.165) is 5.56 Å². The lowest BCUT2D eigenvalue weighted by molar-refractivity contribution is -0.384. The summed E-state index contributed by atoms with van der Waals surface area (Å²) in [5.41, 5.74) is 0.826.